The number of hydrogen-bond acceptors (Lipinski definition) is 7. The molecule has 1 saturated heterocycles. The summed E-state index contributed by atoms with van der Waals surface area (Å²) in [5.74, 6) is -0.244. The molecular formula is C33H39ClN6O4. The van der Waals surface area contributed by atoms with Gasteiger partial charge in [0.25, 0.3) is 0 Å². The van der Waals surface area contributed by atoms with E-state index in [4.69, 9.17) is 26.1 Å². The highest BCUT2D eigenvalue weighted by Gasteiger charge is 2.36. The summed E-state index contributed by atoms with van der Waals surface area (Å²) in [4.78, 5) is 39.4. The summed E-state index contributed by atoms with van der Waals surface area (Å²) >= 11 is 6.65. The van der Waals surface area contributed by atoms with E-state index in [1.54, 1.807) is 12.5 Å². The molecular weight excluding hydrogens is 580 g/mol. The standard InChI is InChI=1S/C33H39ClN6O4/c1-38-21-35-19-28(38)31(37-29(41)20-43-2)27-17-22-7-6-12-36-30(22)32(25-11-10-23(34)18-26(25)27)39-13-15-40(16-14-39)33(42)44-24-8-4-3-5-9-24/h6-7,10-12,17-19,21,24,31-32H,3-5,8-9,13-16,20H2,1-2H3,(H,37,41)/t31-,32+/m1/s1. The van der Waals surface area contributed by atoms with Crippen molar-refractivity contribution in [2.45, 2.75) is 50.3 Å². The molecule has 3 aliphatic rings. The van der Waals surface area contributed by atoms with Crippen molar-refractivity contribution in [3.63, 3.8) is 0 Å². The van der Waals surface area contributed by atoms with Crippen molar-refractivity contribution in [2.24, 2.45) is 7.05 Å². The van der Waals surface area contributed by atoms with E-state index in [1.165, 1.54) is 13.5 Å². The molecule has 1 N–H and O–H groups in total. The summed E-state index contributed by atoms with van der Waals surface area (Å²) < 4.78 is 12.9. The Kier molecular flexibility index (Phi) is 9.30. The fraction of sp³-hybridized carbons (Fsp3) is 0.455. The summed E-state index contributed by atoms with van der Waals surface area (Å²) in [7, 11) is 3.41. The minimum atomic E-state index is -0.527. The van der Waals surface area contributed by atoms with Crippen molar-refractivity contribution in [3.05, 3.63) is 82.2 Å². The molecule has 0 radical (unpaired) electrons. The van der Waals surface area contributed by atoms with E-state index in [9.17, 15) is 9.59 Å². The summed E-state index contributed by atoms with van der Waals surface area (Å²) in [6, 6.07) is 9.18. The van der Waals surface area contributed by atoms with Crippen LogP contribution in [0.4, 0.5) is 4.79 Å². The SMILES string of the molecule is COCC(=O)N[C@H](C1=Cc2cccnc2[C@@H](N2CCN(C(=O)OC3CCCCC3)CC2)c2ccc(Cl)cc21)c1cncn1C. The molecule has 0 unspecified atom stereocenters. The lowest BCUT2D eigenvalue weighted by atomic mass is 9.89. The summed E-state index contributed by atoms with van der Waals surface area (Å²) in [6.07, 6.45) is 12.6. The predicted molar refractivity (Wildman–Crippen MR) is 168 cm³/mol. The van der Waals surface area contributed by atoms with Crippen LogP contribution in [0, 0.1) is 0 Å². The van der Waals surface area contributed by atoms with E-state index in [1.807, 2.05) is 40.9 Å². The molecule has 1 aliphatic heterocycles. The number of hydrogen-bond donors (Lipinski definition) is 1. The van der Waals surface area contributed by atoms with Crippen molar-refractivity contribution in [2.75, 3.05) is 39.9 Å². The van der Waals surface area contributed by atoms with Gasteiger partial charge in [0.15, 0.2) is 0 Å². The molecule has 1 saturated carbocycles. The summed E-state index contributed by atoms with van der Waals surface area (Å²) in [5, 5.41) is 3.76. The van der Waals surface area contributed by atoms with E-state index in [2.05, 4.69) is 33.4 Å². The topological polar surface area (TPSA) is 102 Å². The van der Waals surface area contributed by atoms with Gasteiger partial charge in [-0.1, -0.05) is 30.2 Å². The molecule has 11 heteroatoms. The average Bonchev–Trinajstić information content (AvgIpc) is 3.40. The lowest BCUT2D eigenvalue weighted by Crippen LogP contribution is -2.50. The lowest BCUT2D eigenvalue weighted by Gasteiger charge is -2.40. The van der Waals surface area contributed by atoms with Crippen LogP contribution in [-0.4, -0.2) is 82.3 Å². The van der Waals surface area contributed by atoms with Gasteiger partial charge in [-0.15, -0.1) is 0 Å². The normalized spacial score (nSPS) is 19.8. The first-order valence-corrected chi connectivity index (χ1v) is 15.7. The number of carbonyl (C=O) groups excluding carboxylic acids is 2. The van der Waals surface area contributed by atoms with Crippen LogP contribution in [0.25, 0.3) is 11.6 Å². The number of ether oxygens (including phenoxy) is 2. The zero-order chi connectivity index (χ0) is 30.6. The Bertz CT molecular complexity index is 1530. The molecule has 0 bridgehead atoms. The summed E-state index contributed by atoms with van der Waals surface area (Å²) in [6.45, 7) is 2.38. The third kappa shape index (κ3) is 6.38. The molecule has 2 amide bonds. The first-order valence-electron chi connectivity index (χ1n) is 15.3. The number of carbonyl (C=O) groups is 2. The number of aryl methyl sites for hydroxylation is 1. The second kappa shape index (κ2) is 13.5. The molecule has 2 fully saturated rings. The van der Waals surface area contributed by atoms with Gasteiger partial charge in [0, 0.05) is 51.6 Å². The number of nitrogens with zero attached hydrogens (tertiary/aromatic N) is 5. The van der Waals surface area contributed by atoms with Gasteiger partial charge < -0.3 is 24.3 Å². The van der Waals surface area contributed by atoms with Gasteiger partial charge in [-0.25, -0.2) is 9.78 Å². The molecule has 44 heavy (non-hydrogen) atoms. The number of amides is 2. The van der Waals surface area contributed by atoms with Crippen LogP contribution in [0.3, 0.4) is 0 Å². The highest BCUT2D eigenvalue weighted by atomic mass is 35.5. The molecule has 232 valence electrons. The number of aromatic nitrogens is 3. The third-order valence-corrected chi connectivity index (χ3v) is 9.10. The number of rotatable bonds is 7. The minimum absolute atomic E-state index is 0.0325. The van der Waals surface area contributed by atoms with Crippen LogP contribution >= 0.6 is 11.6 Å². The van der Waals surface area contributed by atoms with Gasteiger partial charge in [-0.2, -0.15) is 0 Å². The Morgan fingerprint density at radius 2 is 1.91 bits per heavy atom. The Labute approximate surface area is 263 Å². The van der Waals surface area contributed by atoms with Crippen molar-refractivity contribution in [1.29, 1.82) is 0 Å². The number of pyridine rings is 1. The first kappa shape index (κ1) is 30.3. The van der Waals surface area contributed by atoms with Crippen LogP contribution in [0.5, 0.6) is 0 Å². The zero-order valence-corrected chi connectivity index (χ0v) is 26.0. The highest BCUT2D eigenvalue weighted by Crippen LogP contribution is 2.44. The first-order chi connectivity index (χ1) is 21.4. The zero-order valence-electron chi connectivity index (χ0n) is 25.2. The van der Waals surface area contributed by atoms with Crippen LogP contribution < -0.4 is 5.32 Å². The second-order valence-electron chi connectivity index (χ2n) is 11.7. The molecule has 2 aliphatic carbocycles. The van der Waals surface area contributed by atoms with Crippen LogP contribution in [0.2, 0.25) is 5.02 Å². The van der Waals surface area contributed by atoms with Gasteiger partial charge in [0.2, 0.25) is 5.91 Å². The molecule has 10 nitrogen and oxygen atoms in total. The second-order valence-corrected chi connectivity index (χ2v) is 12.2. The maximum absolute atomic E-state index is 13.0. The maximum atomic E-state index is 13.0. The smallest absolute Gasteiger partial charge is 0.410 e. The van der Waals surface area contributed by atoms with E-state index in [-0.39, 0.29) is 30.8 Å². The van der Waals surface area contributed by atoms with Gasteiger partial charge in [0.1, 0.15) is 12.7 Å². The molecule has 2 atom stereocenters. The Hall–Kier alpha value is -3.73. The number of methoxy groups -OCH3 is 1. The molecule has 6 rings (SSSR count). The number of nitrogens with one attached hydrogen (secondary N) is 1. The number of halogens is 1. The third-order valence-electron chi connectivity index (χ3n) is 8.86. The quantitative estimate of drug-likeness (QED) is 0.397. The van der Waals surface area contributed by atoms with E-state index >= 15 is 0 Å². The van der Waals surface area contributed by atoms with E-state index < -0.39 is 6.04 Å². The van der Waals surface area contributed by atoms with Crippen molar-refractivity contribution in [3.8, 4) is 0 Å². The largest absolute Gasteiger partial charge is 0.446 e. The van der Waals surface area contributed by atoms with Crippen molar-refractivity contribution in [1.82, 2.24) is 29.7 Å². The number of imidazole rings is 1. The fourth-order valence-corrected chi connectivity index (χ4v) is 6.82. The van der Waals surface area contributed by atoms with Crippen LogP contribution in [0.1, 0.15) is 72.3 Å². The van der Waals surface area contributed by atoms with Crippen molar-refractivity contribution < 1.29 is 19.1 Å². The number of fused-ring (bicyclic) bond motifs is 2. The molecule has 2 aromatic heterocycles. The molecule has 0 spiro atoms. The Morgan fingerprint density at radius 3 is 2.64 bits per heavy atom. The van der Waals surface area contributed by atoms with Gasteiger partial charge >= 0.3 is 6.09 Å². The summed E-state index contributed by atoms with van der Waals surface area (Å²) in [5.41, 5.74) is 5.51. The molecule has 3 heterocycles. The van der Waals surface area contributed by atoms with Gasteiger partial charge in [-0.3, -0.25) is 14.7 Å². The number of piperazine rings is 1. The van der Waals surface area contributed by atoms with Gasteiger partial charge in [-0.05, 0) is 72.2 Å². The Morgan fingerprint density at radius 1 is 1.11 bits per heavy atom. The number of benzene rings is 1. The Balaban J connectivity index is 1.35. The predicted octanol–water partition coefficient (Wildman–Crippen LogP) is 5.00. The maximum Gasteiger partial charge on any atom is 0.410 e. The van der Waals surface area contributed by atoms with E-state index in [0.29, 0.717) is 31.2 Å². The molecule has 3 aromatic rings. The van der Waals surface area contributed by atoms with Crippen LogP contribution in [-0.2, 0) is 21.3 Å². The average molecular weight is 619 g/mol. The van der Waals surface area contributed by atoms with Crippen LogP contribution in [0.15, 0.2) is 49.1 Å². The fourth-order valence-electron chi connectivity index (χ4n) is 6.65. The monoisotopic (exact) mass is 618 g/mol. The minimum Gasteiger partial charge on any atom is -0.446 e. The highest BCUT2D eigenvalue weighted by molar-refractivity contribution is 6.30. The van der Waals surface area contributed by atoms with Gasteiger partial charge in [0.05, 0.1) is 36.0 Å². The van der Waals surface area contributed by atoms with Crippen molar-refractivity contribution >= 4 is 35.3 Å². The molecule has 1 aromatic carbocycles. The van der Waals surface area contributed by atoms with E-state index in [0.717, 1.165) is 59.3 Å². The lowest BCUT2D eigenvalue weighted by molar-refractivity contribution is -0.125.